The largest absolute Gasteiger partial charge is 0.384 e. The lowest BCUT2D eigenvalue weighted by Crippen LogP contribution is -2.11. The summed E-state index contributed by atoms with van der Waals surface area (Å²) in [6.07, 6.45) is 2.80. The third-order valence-electron chi connectivity index (χ3n) is 2.69. The molecular formula is C14H19N3O. The van der Waals surface area contributed by atoms with Crippen LogP contribution in [-0.4, -0.2) is 31.3 Å². The summed E-state index contributed by atoms with van der Waals surface area (Å²) < 4.78 is 5.33. The molecule has 0 atom stereocenters. The lowest BCUT2D eigenvalue weighted by atomic mass is 10.2. The Bertz CT molecular complexity index is 482. The van der Waals surface area contributed by atoms with E-state index in [1.165, 1.54) is 0 Å². The van der Waals surface area contributed by atoms with E-state index in [-0.39, 0.29) is 0 Å². The van der Waals surface area contributed by atoms with Crippen molar-refractivity contribution in [2.75, 3.05) is 31.6 Å². The van der Waals surface area contributed by atoms with E-state index in [9.17, 15) is 0 Å². The summed E-state index contributed by atoms with van der Waals surface area (Å²) in [4.78, 5) is 4.33. The summed E-state index contributed by atoms with van der Waals surface area (Å²) in [5.74, 6) is 0. The SMILES string of the molecule is NCCOCCCNc1ccnc2ccccc12. The number of benzene rings is 1. The maximum atomic E-state index is 5.35. The monoisotopic (exact) mass is 245 g/mol. The number of hydrogen-bond donors (Lipinski definition) is 2. The molecule has 0 unspecified atom stereocenters. The molecule has 2 aromatic rings. The van der Waals surface area contributed by atoms with Gasteiger partial charge in [-0.3, -0.25) is 4.98 Å². The summed E-state index contributed by atoms with van der Waals surface area (Å²) >= 11 is 0. The molecule has 1 aromatic carbocycles. The number of nitrogens with zero attached hydrogens (tertiary/aromatic N) is 1. The number of anilines is 1. The van der Waals surface area contributed by atoms with E-state index in [2.05, 4.69) is 16.4 Å². The van der Waals surface area contributed by atoms with E-state index in [4.69, 9.17) is 10.5 Å². The topological polar surface area (TPSA) is 60.2 Å². The van der Waals surface area contributed by atoms with Gasteiger partial charge in [0.15, 0.2) is 0 Å². The Morgan fingerprint density at radius 1 is 1.17 bits per heavy atom. The van der Waals surface area contributed by atoms with Crippen LogP contribution in [0.3, 0.4) is 0 Å². The first-order valence-electron chi connectivity index (χ1n) is 6.27. The number of nitrogens with one attached hydrogen (secondary N) is 1. The lowest BCUT2D eigenvalue weighted by molar-refractivity contribution is 0.141. The molecule has 0 amide bonds. The Labute approximate surface area is 107 Å². The molecule has 3 N–H and O–H groups in total. The van der Waals surface area contributed by atoms with Crippen molar-refractivity contribution in [3.63, 3.8) is 0 Å². The third-order valence-corrected chi connectivity index (χ3v) is 2.69. The van der Waals surface area contributed by atoms with Crippen LogP contribution in [0.4, 0.5) is 5.69 Å². The van der Waals surface area contributed by atoms with E-state index in [0.29, 0.717) is 13.2 Å². The smallest absolute Gasteiger partial charge is 0.0722 e. The number of pyridine rings is 1. The van der Waals surface area contributed by atoms with Gasteiger partial charge in [0, 0.05) is 37.0 Å². The molecule has 0 spiro atoms. The van der Waals surface area contributed by atoms with Crippen molar-refractivity contribution in [3.05, 3.63) is 36.5 Å². The van der Waals surface area contributed by atoms with Gasteiger partial charge in [0.2, 0.25) is 0 Å². The molecule has 1 heterocycles. The Morgan fingerprint density at radius 2 is 2.06 bits per heavy atom. The summed E-state index contributed by atoms with van der Waals surface area (Å²) in [5.41, 5.74) is 7.49. The minimum atomic E-state index is 0.586. The number of ether oxygens (including phenoxy) is 1. The minimum absolute atomic E-state index is 0.586. The van der Waals surface area contributed by atoms with Crippen LogP contribution in [0.15, 0.2) is 36.5 Å². The van der Waals surface area contributed by atoms with Crippen LogP contribution in [0.5, 0.6) is 0 Å². The second-order valence-corrected chi connectivity index (χ2v) is 4.06. The summed E-state index contributed by atoms with van der Waals surface area (Å²) in [6, 6.07) is 10.1. The average Bonchev–Trinajstić information content (AvgIpc) is 2.43. The van der Waals surface area contributed by atoms with E-state index in [0.717, 1.165) is 36.2 Å². The van der Waals surface area contributed by atoms with Gasteiger partial charge in [0.1, 0.15) is 0 Å². The molecule has 0 aliphatic heterocycles. The maximum Gasteiger partial charge on any atom is 0.0722 e. The first-order chi connectivity index (χ1) is 8.92. The summed E-state index contributed by atoms with van der Waals surface area (Å²) in [5, 5.41) is 4.57. The molecule has 0 aliphatic carbocycles. The van der Waals surface area contributed by atoms with Crippen LogP contribution < -0.4 is 11.1 Å². The lowest BCUT2D eigenvalue weighted by Gasteiger charge is -2.09. The zero-order valence-electron chi connectivity index (χ0n) is 10.4. The molecule has 0 aliphatic rings. The molecule has 0 bridgehead atoms. The van der Waals surface area contributed by atoms with Gasteiger partial charge >= 0.3 is 0 Å². The van der Waals surface area contributed by atoms with Crippen molar-refractivity contribution in [2.24, 2.45) is 5.73 Å². The standard InChI is InChI=1S/C14H19N3O/c15-7-11-18-10-3-8-16-14-6-9-17-13-5-2-1-4-12(13)14/h1-2,4-6,9H,3,7-8,10-11,15H2,(H,16,17). The highest BCUT2D eigenvalue weighted by molar-refractivity contribution is 5.90. The molecule has 0 fully saturated rings. The molecule has 96 valence electrons. The number of fused-ring (bicyclic) bond motifs is 1. The number of hydrogen-bond acceptors (Lipinski definition) is 4. The van der Waals surface area contributed by atoms with Gasteiger partial charge in [-0.1, -0.05) is 18.2 Å². The van der Waals surface area contributed by atoms with Crippen molar-refractivity contribution in [2.45, 2.75) is 6.42 Å². The summed E-state index contributed by atoms with van der Waals surface area (Å²) in [6.45, 7) is 2.85. The fourth-order valence-corrected chi connectivity index (χ4v) is 1.83. The Balaban J connectivity index is 1.88. The minimum Gasteiger partial charge on any atom is -0.384 e. The van der Waals surface area contributed by atoms with Crippen molar-refractivity contribution in [3.8, 4) is 0 Å². The normalized spacial score (nSPS) is 10.7. The van der Waals surface area contributed by atoms with Gasteiger partial charge in [-0.15, -0.1) is 0 Å². The molecule has 0 saturated carbocycles. The molecule has 4 heteroatoms. The van der Waals surface area contributed by atoms with Gasteiger partial charge in [-0.05, 0) is 18.6 Å². The van der Waals surface area contributed by atoms with Crippen LogP contribution in [0.2, 0.25) is 0 Å². The Hall–Kier alpha value is -1.65. The second kappa shape index (κ2) is 6.93. The van der Waals surface area contributed by atoms with E-state index < -0.39 is 0 Å². The van der Waals surface area contributed by atoms with Crippen molar-refractivity contribution < 1.29 is 4.74 Å². The van der Waals surface area contributed by atoms with Crippen LogP contribution >= 0.6 is 0 Å². The van der Waals surface area contributed by atoms with Crippen LogP contribution in [-0.2, 0) is 4.74 Å². The van der Waals surface area contributed by atoms with Crippen molar-refractivity contribution in [1.29, 1.82) is 0 Å². The number of aromatic nitrogens is 1. The number of rotatable bonds is 7. The molecule has 0 saturated heterocycles. The third kappa shape index (κ3) is 3.42. The first-order valence-corrected chi connectivity index (χ1v) is 6.27. The van der Waals surface area contributed by atoms with Gasteiger partial charge in [0.05, 0.1) is 12.1 Å². The molecule has 2 rings (SSSR count). The number of nitrogens with two attached hydrogens (primary N) is 1. The highest BCUT2D eigenvalue weighted by atomic mass is 16.5. The molecule has 0 radical (unpaired) electrons. The first kappa shape index (κ1) is 12.8. The second-order valence-electron chi connectivity index (χ2n) is 4.06. The van der Waals surface area contributed by atoms with Gasteiger partial charge in [-0.2, -0.15) is 0 Å². The predicted molar refractivity (Wildman–Crippen MR) is 74.7 cm³/mol. The van der Waals surface area contributed by atoms with Crippen molar-refractivity contribution in [1.82, 2.24) is 4.98 Å². The van der Waals surface area contributed by atoms with Gasteiger partial charge in [-0.25, -0.2) is 0 Å². The molecular weight excluding hydrogens is 226 g/mol. The summed E-state index contributed by atoms with van der Waals surface area (Å²) in [7, 11) is 0. The number of para-hydroxylation sites is 1. The molecule has 1 aromatic heterocycles. The zero-order valence-corrected chi connectivity index (χ0v) is 10.4. The van der Waals surface area contributed by atoms with Crippen LogP contribution in [0.25, 0.3) is 10.9 Å². The fraction of sp³-hybridized carbons (Fsp3) is 0.357. The van der Waals surface area contributed by atoms with Gasteiger partial charge in [0.25, 0.3) is 0 Å². The molecule has 18 heavy (non-hydrogen) atoms. The van der Waals surface area contributed by atoms with E-state index >= 15 is 0 Å². The van der Waals surface area contributed by atoms with Crippen molar-refractivity contribution >= 4 is 16.6 Å². The zero-order chi connectivity index (χ0) is 12.6. The predicted octanol–water partition coefficient (Wildman–Crippen LogP) is 2.01. The van der Waals surface area contributed by atoms with Crippen LogP contribution in [0.1, 0.15) is 6.42 Å². The van der Waals surface area contributed by atoms with Crippen LogP contribution in [0, 0.1) is 0 Å². The quantitative estimate of drug-likeness (QED) is 0.733. The molecule has 4 nitrogen and oxygen atoms in total. The maximum absolute atomic E-state index is 5.35. The average molecular weight is 245 g/mol. The van der Waals surface area contributed by atoms with E-state index in [1.54, 1.807) is 0 Å². The highest BCUT2D eigenvalue weighted by Gasteiger charge is 1.99. The van der Waals surface area contributed by atoms with E-state index in [1.807, 2.05) is 30.5 Å². The Morgan fingerprint density at radius 3 is 2.94 bits per heavy atom. The highest BCUT2D eigenvalue weighted by Crippen LogP contribution is 2.20. The fourth-order valence-electron chi connectivity index (χ4n) is 1.83. The van der Waals surface area contributed by atoms with Gasteiger partial charge < -0.3 is 15.8 Å². The Kier molecular flexibility index (Phi) is 4.93.